The average Bonchev–Trinajstić information content (AvgIpc) is 3.10. The van der Waals surface area contributed by atoms with E-state index in [2.05, 4.69) is 20.8 Å². The van der Waals surface area contributed by atoms with Crippen molar-refractivity contribution in [1.29, 1.82) is 0 Å². The highest BCUT2D eigenvalue weighted by molar-refractivity contribution is 7.14. The van der Waals surface area contributed by atoms with Gasteiger partial charge in [-0.1, -0.05) is 0 Å². The SMILES string of the molecule is Cc1ccc(C(=O)Nc2ccc(-n3cnnn3)c(C)c2)s1. The number of amides is 1. The second-order valence-corrected chi connectivity index (χ2v) is 5.91. The predicted molar refractivity (Wildman–Crippen MR) is 80.9 cm³/mol. The number of tetrazole rings is 1. The molecule has 106 valence electrons. The number of hydrogen-bond donors (Lipinski definition) is 1. The number of benzene rings is 1. The largest absolute Gasteiger partial charge is 0.321 e. The third-order valence-corrected chi connectivity index (χ3v) is 4.01. The number of nitrogens with one attached hydrogen (secondary N) is 1. The van der Waals surface area contributed by atoms with Crippen LogP contribution in [0.5, 0.6) is 0 Å². The first kappa shape index (κ1) is 13.4. The zero-order valence-electron chi connectivity index (χ0n) is 11.6. The van der Waals surface area contributed by atoms with Gasteiger partial charge in [0.1, 0.15) is 6.33 Å². The van der Waals surface area contributed by atoms with Crippen LogP contribution in [0.4, 0.5) is 5.69 Å². The van der Waals surface area contributed by atoms with E-state index in [1.54, 1.807) is 4.68 Å². The lowest BCUT2D eigenvalue weighted by atomic mass is 10.2. The molecule has 0 aliphatic heterocycles. The van der Waals surface area contributed by atoms with Crippen molar-refractivity contribution in [1.82, 2.24) is 20.2 Å². The van der Waals surface area contributed by atoms with Gasteiger partial charge in [0.15, 0.2) is 0 Å². The monoisotopic (exact) mass is 299 g/mol. The Balaban J connectivity index is 1.81. The van der Waals surface area contributed by atoms with Crippen LogP contribution in [-0.4, -0.2) is 26.1 Å². The number of carbonyl (C=O) groups excluding carboxylic acids is 1. The Morgan fingerprint density at radius 3 is 2.71 bits per heavy atom. The van der Waals surface area contributed by atoms with E-state index in [4.69, 9.17) is 0 Å². The molecule has 2 aromatic heterocycles. The van der Waals surface area contributed by atoms with Crippen molar-refractivity contribution in [2.45, 2.75) is 13.8 Å². The molecule has 0 bridgehead atoms. The highest BCUT2D eigenvalue weighted by Gasteiger charge is 2.10. The summed E-state index contributed by atoms with van der Waals surface area (Å²) in [6.07, 6.45) is 1.54. The lowest BCUT2D eigenvalue weighted by Gasteiger charge is -2.08. The van der Waals surface area contributed by atoms with Gasteiger partial charge in [0.05, 0.1) is 10.6 Å². The van der Waals surface area contributed by atoms with Gasteiger partial charge in [0.2, 0.25) is 0 Å². The second-order valence-electron chi connectivity index (χ2n) is 4.62. The van der Waals surface area contributed by atoms with Gasteiger partial charge in [-0.2, -0.15) is 0 Å². The maximum Gasteiger partial charge on any atom is 0.265 e. The summed E-state index contributed by atoms with van der Waals surface area (Å²) < 4.78 is 1.59. The number of aryl methyl sites for hydroxylation is 2. The maximum atomic E-state index is 12.1. The number of hydrogen-bond acceptors (Lipinski definition) is 5. The molecular weight excluding hydrogens is 286 g/mol. The Morgan fingerprint density at radius 1 is 1.24 bits per heavy atom. The molecule has 0 fully saturated rings. The van der Waals surface area contributed by atoms with Crippen LogP contribution in [0.25, 0.3) is 5.69 Å². The minimum atomic E-state index is -0.0947. The third kappa shape index (κ3) is 2.82. The highest BCUT2D eigenvalue weighted by atomic mass is 32.1. The van der Waals surface area contributed by atoms with Crippen molar-refractivity contribution in [3.63, 3.8) is 0 Å². The number of carbonyl (C=O) groups is 1. The van der Waals surface area contributed by atoms with Crippen LogP contribution in [-0.2, 0) is 0 Å². The summed E-state index contributed by atoms with van der Waals surface area (Å²) in [6.45, 7) is 3.93. The molecule has 0 radical (unpaired) electrons. The zero-order chi connectivity index (χ0) is 14.8. The molecule has 0 saturated heterocycles. The molecule has 1 amide bonds. The number of anilines is 1. The summed E-state index contributed by atoms with van der Waals surface area (Å²) in [5, 5.41) is 14.0. The van der Waals surface area contributed by atoms with Gasteiger partial charge < -0.3 is 5.32 Å². The highest BCUT2D eigenvalue weighted by Crippen LogP contribution is 2.20. The molecule has 3 aromatic rings. The van der Waals surface area contributed by atoms with E-state index < -0.39 is 0 Å². The first-order chi connectivity index (χ1) is 10.1. The maximum absolute atomic E-state index is 12.1. The first-order valence-corrected chi connectivity index (χ1v) is 7.17. The molecule has 1 N–H and O–H groups in total. The summed E-state index contributed by atoms with van der Waals surface area (Å²) in [5.41, 5.74) is 2.60. The average molecular weight is 299 g/mol. The summed E-state index contributed by atoms with van der Waals surface area (Å²) in [7, 11) is 0. The smallest absolute Gasteiger partial charge is 0.265 e. The van der Waals surface area contributed by atoms with Crippen LogP contribution in [0.15, 0.2) is 36.7 Å². The van der Waals surface area contributed by atoms with E-state index in [1.165, 1.54) is 17.7 Å². The van der Waals surface area contributed by atoms with E-state index in [9.17, 15) is 4.79 Å². The van der Waals surface area contributed by atoms with E-state index in [0.717, 1.165) is 21.8 Å². The molecule has 0 spiro atoms. The molecule has 3 rings (SSSR count). The third-order valence-electron chi connectivity index (χ3n) is 3.01. The van der Waals surface area contributed by atoms with Crippen LogP contribution in [0.1, 0.15) is 20.1 Å². The molecule has 21 heavy (non-hydrogen) atoms. The summed E-state index contributed by atoms with van der Waals surface area (Å²) in [5.74, 6) is -0.0947. The molecule has 0 unspecified atom stereocenters. The van der Waals surface area contributed by atoms with Gasteiger partial charge in [-0.05, 0) is 60.2 Å². The summed E-state index contributed by atoms with van der Waals surface area (Å²) >= 11 is 1.48. The molecule has 1 aromatic carbocycles. The van der Waals surface area contributed by atoms with Crippen molar-refractivity contribution in [2.24, 2.45) is 0 Å². The fraction of sp³-hybridized carbons (Fsp3) is 0.143. The predicted octanol–water partition coefficient (Wildman–Crippen LogP) is 2.59. The number of thiophene rings is 1. The van der Waals surface area contributed by atoms with E-state index in [-0.39, 0.29) is 5.91 Å². The zero-order valence-corrected chi connectivity index (χ0v) is 12.4. The molecule has 6 nitrogen and oxygen atoms in total. The molecular formula is C14H13N5OS. The minimum absolute atomic E-state index is 0.0947. The lowest BCUT2D eigenvalue weighted by molar-refractivity contribution is 0.103. The van der Waals surface area contributed by atoms with Crippen molar-refractivity contribution >= 4 is 22.9 Å². The molecule has 2 heterocycles. The van der Waals surface area contributed by atoms with Crippen molar-refractivity contribution in [3.8, 4) is 5.69 Å². The van der Waals surface area contributed by atoms with Crippen LogP contribution in [0.3, 0.4) is 0 Å². The fourth-order valence-electron chi connectivity index (χ4n) is 2.01. The molecule has 0 aliphatic carbocycles. The minimum Gasteiger partial charge on any atom is -0.321 e. The van der Waals surface area contributed by atoms with Gasteiger partial charge in [-0.15, -0.1) is 16.4 Å². The van der Waals surface area contributed by atoms with E-state index in [0.29, 0.717) is 4.88 Å². The lowest BCUT2D eigenvalue weighted by Crippen LogP contribution is -2.10. The number of rotatable bonds is 3. The van der Waals surface area contributed by atoms with Gasteiger partial charge in [-0.3, -0.25) is 4.79 Å². The van der Waals surface area contributed by atoms with Gasteiger partial charge >= 0.3 is 0 Å². The standard InChI is InChI=1S/C14H13N5OS/c1-9-7-11(4-5-12(9)19-8-15-17-18-19)16-14(20)13-6-3-10(2)21-13/h3-8H,1-2H3,(H,16,20). The fourth-order valence-corrected chi connectivity index (χ4v) is 2.77. The Bertz CT molecular complexity index is 779. The summed E-state index contributed by atoms with van der Waals surface area (Å²) in [6, 6.07) is 9.38. The van der Waals surface area contributed by atoms with E-state index >= 15 is 0 Å². The normalized spacial score (nSPS) is 10.6. The van der Waals surface area contributed by atoms with Crippen LogP contribution in [0.2, 0.25) is 0 Å². The van der Waals surface area contributed by atoms with Crippen molar-refractivity contribution in [3.05, 3.63) is 52.0 Å². The molecule has 0 atom stereocenters. The number of nitrogens with zero attached hydrogens (tertiary/aromatic N) is 4. The Hall–Kier alpha value is -2.54. The quantitative estimate of drug-likeness (QED) is 0.807. The topological polar surface area (TPSA) is 72.7 Å². The van der Waals surface area contributed by atoms with Crippen LogP contribution >= 0.6 is 11.3 Å². The van der Waals surface area contributed by atoms with E-state index in [1.807, 2.05) is 44.2 Å². The molecule has 0 saturated carbocycles. The Morgan fingerprint density at radius 2 is 2.10 bits per heavy atom. The Labute approximate surface area is 125 Å². The van der Waals surface area contributed by atoms with Gasteiger partial charge in [0.25, 0.3) is 5.91 Å². The van der Waals surface area contributed by atoms with Gasteiger partial charge in [0, 0.05) is 10.6 Å². The molecule has 7 heteroatoms. The van der Waals surface area contributed by atoms with Crippen molar-refractivity contribution in [2.75, 3.05) is 5.32 Å². The van der Waals surface area contributed by atoms with Crippen LogP contribution < -0.4 is 5.32 Å². The summed E-state index contributed by atoms with van der Waals surface area (Å²) in [4.78, 5) is 13.9. The van der Waals surface area contributed by atoms with Gasteiger partial charge in [-0.25, -0.2) is 4.68 Å². The first-order valence-electron chi connectivity index (χ1n) is 6.35. The number of aromatic nitrogens is 4. The molecule has 0 aliphatic rings. The Kier molecular flexibility index (Phi) is 3.49. The van der Waals surface area contributed by atoms with Crippen LogP contribution in [0, 0.1) is 13.8 Å². The second kappa shape index (κ2) is 5.45. The van der Waals surface area contributed by atoms with Crippen molar-refractivity contribution < 1.29 is 4.79 Å².